The maximum absolute atomic E-state index is 13.6. The minimum Gasteiger partial charge on any atom is -0.371 e. The molecule has 3 aliphatic heterocycles. The molecule has 2 N–H and O–H groups in total. The lowest BCUT2D eigenvalue weighted by Gasteiger charge is -2.36. The molecule has 3 amide bonds. The van der Waals surface area contributed by atoms with E-state index in [1.54, 1.807) is 7.05 Å². The Morgan fingerprint density at radius 1 is 0.951 bits per heavy atom. The van der Waals surface area contributed by atoms with Gasteiger partial charge in [-0.3, -0.25) is 4.79 Å². The molecule has 2 saturated heterocycles. The van der Waals surface area contributed by atoms with Crippen LogP contribution in [0.4, 0.5) is 16.3 Å². The summed E-state index contributed by atoms with van der Waals surface area (Å²) in [6.07, 6.45) is 3.33. The van der Waals surface area contributed by atoms with Crippen LogP contribution in [0.25, 0.3) is 11.4 Å². The summed E-state index contributed by atoms with van der Waals surface area (Å²) >= 11 is 0. The van der Waals surface area contributed by atoms with Gasteiger partial charge in [-0.2, -0.15) is 0 Å². The first-order valence-electron chi connectivity index (χ1n) is 14.5. The molecule has 6 rings (SSSR count). The topological polar surface area (TPSA) is 99.7 Å². The van der Waals surface area contributed by atoms with E-state index in [2.05, 4.69) is 48.4 Å². The molecule has 214 valence electrons. The number of rotatable bonds is 4. The molecule has 0 spiro atoms. The molecule has 3 aromatic rings. The molecule has 2 atom stereocenters. The van der Waals surface area contributed by atoms with E-state index in [0.717, 1.165) is 48.6 Å². The third kappa shape index (κ3) is 5.63. The predicted octanol–water partition coefficient (Wildman–Crippen LogP) is 4.76. The Labute approximate surface area is 241 Å². The molecule has 0 radical (unpaired) electrons. The molecule has 0 saturated carbocycles. The zero-order chi connectivity index (χ0) is 28.7. The highest BCUT2D eigenvalue weighted by atomic mass is 16.5. The Bertz CT molecular complexity index is 1440. The summed E-state index contributed by atoms with van der Waals surface area (Å²) in [5, 5.41) is 5.35. The summed E-state index contributed by atoms with van der Waals surface area (Å²) in [5.41, 5.74) is 5.49. The molecule has 2 unspecified atom stereocenters. The number of nitrogens with zero attached hydrogens (tertiary/aromatic N) is 4. The number of morpholine rings is 1. The number of amides is 3. The van der Waals surface area contributed by atoms with Crippen molar-refractivity contribution in [2.24, 2.45) is 0 Å². The Balaban J connectivity index is 1.31. The van der Waals surface area contributed by atoms with Gasteiger partial charge in [-0.1, -0.05) is 32.9 Å². The van der Waals surface area contributed by atoms with Gasteiger partial charge in [-0.25, -0.2) is 14.8 Å². The van der Waals surface area contributed by atoms with Crippen molar-refractivity contribution < 1.29 is 14.3 Å². The van der Waals surface area contributed by atoms with Gasteiger partial charge in [0.25, 0.3) is 5.91 Å². The smallest absolute Gasteiger partial charge is 0.318 e. The molecular weight excluding hydrogens is 516 g/mol. The zero-order valence-electron chi connectivity index (χ0n) is 24.2. The molecule has 1 aromatic heterocycles. The van der Waals surface area contributed by atoms with Crippen molar-refractivity contribution in [2.75, 3.05) is 36.9 Å². The molecule has 3 aliphatic rings. The first-order chi connectivity index (χ1) is 19.7. The maximum atomic E-state index is 13.6. The van der Waals surface area contributed by atoms with Gasteiger partial charge < -0.3 is 25.2 Å². The lowest BCUT2D eigenvalue weighted by molar-refractivity contribution is 0.0301. The molecule has 2 fully saturated rings. The average Bonchev–Trinajstić information content (AvgIpc) is 3.32. The first-order valence-corrected chi connectivity index (χ1v) is 14.5. The van der Waals surface area contributed by atoms with E-state index in [4.69, 9.17) is 14.7 Å². The average molecular weight is 555 g/mol. The number of carbonyl (C=O) groups is 2. The number of carbonyl (C=O) groups excluding carboxylic acids is 2. The van der Waals surface area contributed by atoms with Crippen molar-refractivity contribution in [2.45, 2.75) is 64.2 Å². The van der Waals surface area contributed by atoms with Gasteiger partial charge in [0.2, 0.25) is 0 Å². The predicted molar refractivity (Wildman–Crippen MR) is 159 cm³/mol. The van der Waals surface area contributed by atoms with Gasteiger partial charge in [-0.05, 0) is 66.6 Å². The van der Waals surface area contributed by atoms with Crippen LogP contribution in [0.1, 0.15) is 60.8 Å². The van der Waals surface area contributed by atoms with Crippen LogP contribution < -0.4 is 15.5 Å². The summed E-state index contributed by atoms with van der Waals surface area (Å²) < 4.78 is 6.11. The number of urea groups is 1. The number of hydrogen-bond acceptors (Lipinski definition) is 6. The molecule has 2 aromatic carbocycles. The number of nitrogens with one attached hydrogen (secondary N) is 2. The van der Waals surface area contributed by atoms with Gasteiger partial charge in [0.05, 0.1) is 24.4 Å². The fraction of sp³-hybridized carbons (Fsp3) is 0.438. The highest BCUT2D eigenvalue weighted by molar-refractivity contribution is 5.94. The third-order valence-corrected chi connectivity index (χ3v) is 8.30. The standard InChI is InChI=1S/C32H38N6O3/c1-32(2,3)22-9-5-21(6-10-22)30(39)37-16-15-26-27(19-37)35-28(20-7-11-23(12-8-20)34-31(40)33-4)36-29(26)38-17-24-13-14-25(18-38)41-24/h5-12,24-25H,13-19H2,1-4H3,(H2,33,34,40). The highest BCUT2D eigenvalue weighted by Gasteiger charge is 2.36. The number of hydrogen-bond donors (Lipinski definition) is 2. The van der Waals surface area contributed by atoms with Crippen LogP contribution in [-0.4, -0.2) is 65.7 Å². The SMILES string of the molecule is CNC(=O)Nc1ccc(-c2nc3c(c(N4CC5CCC(C4)O5)n2)CCN(C(=O)c2ccc(C(C)(C)C)cc2)C3)cc1. The van der Waals surface area contributed by atoms with Crippen molar-refractivity contribution in [3.63, 3.8) is 0 Å². The van der Waals surface area contributed by atoms with Gasteiger partial charge in [0.15, 0.2) is 5.82 Å². The van der Waals surface area contributed by atoms with E-state index in [1.165, 1.54) is 5.56 Å². The summed E-state index contributed by atoms with van der Waals surface area (Å²) in [6, 6.07) is 15.2. The normalized spacial score (nSPS) is 20.0. The largest absolute Gasteiger partial charge is 0.371 e. The van der Waals surface area contributed by atoms with Crippen LogP contribution in [0.15, 0.2) is 48.5 Å². The van der Waals surface area contributed by atoms with Crippen LogP contribution in [0.5, 0.6) is 0 Å². The Morgan fingerprint density at radius 3 is 2.27 bits per heavy atom. The van der Waals surface area contributed by atoms with Gasteiger partial charge in [-0.15, -0.1) is 0 Å². The van der Waals surface area contributed by atoms with E-state index in [9.17, 15) is 9.59 Å². The van der Waals surface area contributed by atoms with E-state index >= 15 is 0 Å². The number of anilines is 2. The Kier molecular flexibility index (Phi) is 7.15. The van der Waals surface area contributed by atoms with Gasteiger partial charge >= 0.3 is 6.03 Å². The minimum atomic E-state index is -0.273. The minimum absolute atomic E-state index is 0.0202. The molecular formula is C32H38N6O3. The number of ether oxygens (including phenoxy) is 1. The van der Waals surface area contributed by atoms with E-state index in [0.29, 0.717) is 36.6 Å². The van der Waals surface area contributed by atoms with Gasteiger partial charge in [0.1, 0.15) is 5.82 Å². The number of fused-ring (bicyclic) bond motifs is 3. The molecule has 2 bridgehead atoms. The molecule has 4 heterocycles. The maximum Gasteiger partial charge on any atom is 0.318 e. The van der Waals surface area contributed by atoms with E-state index in [-0.39, 0.29) is 29.6 Å². The van der Waals surface area contributed by atoms with Crippen LogP contribution in [0.3, 0.4) is 0 Å². The Hall–Kier alpha value is -3.98. The number of benzene rings is 2. The lowest BCUT2D eigenvalue weighted by atomic mass is 9.86. The fourth-order valence-corrected chi connectivity index (χ4v) is 5.95. The van der Waals surface area contributed by atoms with Crippen LogP contribution in [-0.2, 0) is 23.1 Å². The summed E-state index contributed by atoms with van der Waals surface area (Å²) in [7, 11) is 1.58. The van der Waals surface area contributed by atoms with E-state index in [1.807, 2.05) is 41.3 Å². The number of aromatic nitrogens is 2. The summed E-state index contributed by atoms with van der Waals surface area (Å²) in [5.74, 6) is 1.60. The molecule has 9 heteroatoms. The van der Waals surface area contributed by atoms with Crippen molar-refractivity contribution in [1.29, 1.82) is 0 Å². The summed E-state index contributed by atoms with van der Waals surface area (Å²) in [4.78, 5) is 39.7. The molecule has 9 nitrogen and oxygen atoms in total. The van der Waals surface area contributed by atoms with Crippen molar-refractivity contribution in [1.82, 2.24) is 20.2 Å². The second kappa shape index (κ2) is 10.8. The lowest BCUT2D eigenvalue weighted by Crippen LogP contribution is -2.44. The highest BCUT2D eigenvalue weighted by Crippen LogP contribution is 2.35. The van der Waals surface area contributed by atoms with Crippen LogP contribution >= 0.6 is 0 Å². The van der Waals surface area contributed by atoms with Crippen LogP contribution in [0, 0.1) is 0 Å². The molecule has 41 heavy (non-hydrogen) atoms. The second-order valence-corrected chi connectivity index (χ2v) is 12.2. The Morgan fingerprint density at radius 2 is 1.63 bits per heavy atom. The fourth-order valence-electron chi connectivity index (χ4n) is 5.95. The summed E-state index contributed by atoms with van der Waals surface area (Å²) in [6.45, 7) is 9.21. The van der Waals surface area contributed by atoms with E-state index < -0.39 is 0 Å². The van der Waals surface area contributed by atoms with Crippen molar-refractivity contribution >= 4 is 23.4 Å². The quantitative estimate of drug-likeness (QED) is 0.483. The van der Waals surface area contributed by atoms with Gasteiger partial charge in [0, 0.05) is 49.1 Å². The monoisotopic (exact) mass is 554 g/mol. The van der Waals surface area contributed by atoms with Crippen molar-refractivity contribution in [3.05, 3.63) is 70.9 Å². The third-order valence-electron chi connectivity index (χ3n) is 8.30. The second-order valence-electron chi connectivity index (χ2n) is 12.2. The van der Waals surface area contributed by atoms with Crippen LogP contribution in [0.2, 0.25) is 0 Å². The zero-order valence-corrected chi connectivity index (χ0v) is 24.2. The molecule has 0 aliphatic carbocycles. The first kappa shape index (κ1) is 27.2. The van der Waals surface area contributed by atoms with Crippen molar-refractivity contribution in [3.8, 4) is 11.4 Å².